The number of aliphatic hydroxyl groups excluding tert-OH is 1. The van der Waals surface area contributed by atoms with Crippen LogP contribution in [0.4, 0.5) is 0 Å². The van der Waals surface area contributed by atoms with E-state index >= 15 is 0 Å². The zero-order valence-corrected chi connectivity index (χ0v) is 15.0. The van der Waals surface area contributed by atoms with E-state index in [4.69, 9.17) is 4.74 Å². The van der Waals surface area contributed by atoms with Crippen LogP contribution in [-0.4, -0.2) is 34.1 Å². The molecule has 0 bridgehead atoms. The molecule has 0 aromatic carbocycles. The Labute approximate surface area is 140 Å². The standard InChI is InChI=1S/C20H32O3/c1-13(2)16-7-6-15(4)19-18(23-19)11-14(3)10-17(21)12-20(5,22)9-8-16/h8-10,13,16-19,21-22H,4,6-7,11-12H2,1-3,5H3/b9-8+,14-10+/t16-,17+,18-,19-,20-/m1/s1. The molecule has 2 rings (SSSR count). The molecule has 0 saturated carbocycles. The third-order valence-corrected chi connectivity index (χ3v) is 4.96. The van der Waals surface area contributed by atoms with E-state index in [1.807, 2.05) is 19.1 Å². The third kappa shape index (κ3) is 5.59. The predicted octanol–water partition coefficient (Wildman–Crippen LogP) is 3.77. The fourth-order valence-electron chi connectivity index (χ4n) is 3.40. The Morgan fingerprint density at radius 3 is 2.74 bits per heavy atom. The molecular formula is C20H32O3. The Balaban J connectivity index is 2.18. The molecule has 130 valence electrons. The number of allylic oxidation sites excluding steroid dienone is 1. The van der Waals surface area contributed by atoms with Gasteiger partial charge >= 0.3 is 0 Å². The molecule has 1 heterocycles. The average Bonchev–Trinajstić information content (AvgIpc) is 3.14. The van der Waals surface area contributed by atoms with Crippen molar-refractivity contribution in [2.75, 3.05) is 0 Å². The lowest BCUT2D eigenvalue weighted by atomic mass is 9.86. The van der Waals surface area contributed by atoms with Crippen LogP contribution in [0.3, 0.4) is 0 Å². The fraction of sp³-hybridized carbons (Fsp3) is 0.700. The van der Waals surface area contributed by atoms with Crippen LogP contribution in [0.15, 0.2) is 36.0 Å². The van der Waals surface area contributed by atoms with Gasteiger partial charge in [-0.3, -0.25) is 0 Å². The van der Waals surface area contributed by atoms with Gasteiger partial charge in [0.05, 0.1) is 17.8 Å². The van der Waals surface area contributed by atoms with Gasteiger partial charge in [-0.2, -0.15) is 0 Å². The first-order valence-corrected chi connectivity index (χ1v) is 8.78. The highest BCUT2D eigenvalue weighted by Gasteiger charge is 2.40. The van der Waals surface area contributed by atoms with Crippen molar-refractivity contribution in [2.45, 2.75) is 77.3 Å². The Morgan fingerprint density at radius 1 is 1.39 bits per heavy atom. The molecule has 0 unspecified atom stereocenters. The molecule has 3 nitrogen and oxygen atoms in total. The molecular weight excluding hydrogens is 288 g/mol. The molecule has 0 radical (unpaired) electrons. The van der Waals surface area contributed by atoms with E-state index in [2.05, 4.69) is 26.5 Å². The van der Waals surface area contributed by atoms with Gasteiger partial charge in [-0.25, -0.2) is 0 Å². The van der Waals surface area contributed by atoms with Crippen molar-refractivity contribution in [3.8, 4) is 0 Å². The summed E-state index contributed by atoms with van der Waals surface area (Å²) in [7, 11) is 0. The molecule has 0 spiro atoms. The summed E-state index contributed by atoms with van der Waals surface area (Å²) in [4.78, 5) is 0. The molecule has 2 N–H and O–H groups in total. The summed E-state index contributed by atoms with van der Waals surface area (Å²) in [5.41, 5.74) is 1.28. The lowest BCUT2D eigenvalue weighted by Crippen LogP contribution is -2.27. The summed E-state index contributed by atoms with van der Waals surface area (Å²) in [5, 5.41) is 20.8. The molecule has 2 aliphatic rings. The number of rotatable bonds is 1. The minimum atomic E-state index is -0.997. The van der Waals surface area contributed by atoms with E-state index in [0.29, 0.717) is 18.3 Å². The molecule has 1 fully saturated rings. The highest BCUT2D eigenvalue weighted by molar-refractivity contribution is 5.18. The van der Waals surface area contributed by atoms with E-state index in [-0.39, 0.29) is 12.2 Å². The van der Waals surface area contributed by atoms with Crippen molar-refractivity contribution >= 4 is 0 Å². The largest absolute Gasteiger partial charge is 0.389 e. The fourth-order valence-corrected chi connectivity index (χ4v) is 3.40. The zero-order valence-electron chi connectivity index (χ0n) is 15.0. The number of fused-ring (bicyclic) bond motifs is 1. The van der Waals surface area contributed by atoms with Gasteiger partial charge in [0.25, 0.3) is 0 Å². The van der Waals surface area contributed by atoms with Crippen LogP contribution in [-0.2, 0) is 4.74 Å². The highest BCUT2D eigenvalue weighted by atomic mass is 16.6. The Bertz CT molecular complexity index is 487. The van der Waals surface area contributed by atoms with Gasteiger partial charge < -0.3 is 14.9 Å². The Morgan fingerprint density at radius 2 is 2.09 bits per heavy atom. The van der Waals surface area contributed by atoms with Crippen molar-refractivity contribution < 1.29 is 14.9 Å². The van der Waals surface area contributed by atoms with E-state index in [1.54, 1.807) is 6.92 Å². The molecule has 1 saturated heterocycles. The average molecular weight is 320 g/mol. The first-order valence-electron chi connectivity index (χ1n) is 8.78. The monoisotopic (exact) mass is 320 g/mol. The van der Waals surface area contributed by atoms with Gasteiger partial charge in [0.2, 0.25) is 0 Å². The molecule has 0 aromatic rings. The second-order valence-electron chi connectivity index (χ2n) is 7.90. The number of aliphatic hydroxyl groups is 2. The van der Waals surface area contributed by atoms with Crippen molar-refractivity contribution in [3.63, 3.8) is 0 Å². The minimum absolute atomic E-state index is 0.179. The predicted molar refractivity (Wildman–Crippen MR) is 94.1 cm³/mol. The van der Waals surface area contributed by atoms with Crippen molar-refractivity contribution in [3.05, 3.63) is 36.0 Å². The van der Waals surface area contributed by atoms with E-state index in [1.165, 1.54) is 5.57 Å². The molecule has 1 aliphatic heterocycles. The third-order valence-electron chi connectivity index (χ3n) is 4.96. The van der Waals surface area contributed by atoms with Crippen molar-refractivity contribution in [1.82, 2.24) is 0 Å². The first-order chi connectivity index (χ1) is 10.7. The summed E-state index contributed by atoms with van der Waals surface area (Å²) in [6.07, 6.45) is 8.67. The summed E-state index contributed by atoms with van der Waals surface area (Å²) >= 11 is 0. The summed E-state index contributed by atoms with van der Waals surface area (Å²) < 4.78 is 5.76. The molecule has 5 atom stereocenters. The Kier molecular flexibility index (Phi) is 5.88. The second kappa shape index (κ2) is 7.33. The number of hydrogen-bond acceptors (Lipinski definition) is 3. The normalized spacial score (nSPS) is 43.3. The number of ether oxygens (including phenoxy) is 1. The van der Waals surface area contributed by atoms with Gasteiger partial charge in [0.1, 0.15) is 6.10 Å². The van der Waals surface area contributed by atoms with Crippen LogP contribution in [0.25, 0.3) is 0 Å². The maximum absolute atomic E-state index is 10.5. The summed E-state index contributed by atoms with van der Waals surface area (Å²) in [6, 6.07) is 0. The van der Waals surface area contributed by atoms with Crippen LogP contribution >= 0.6 is 0 Å². The zero-order chi connectivity index (χ0) is 17.2. The number of epoxide rings is 1. The van der Waals surface area contributed by atoms with Crippen molar-refractivity contribution in [1.29, 1.82) is 0 Å². The highest BCUT2D eigenvalue weighted by Crippen LogP contribution is 2.36. The van der Waals surface area contributed by atoms with Crippen LogP contribution < -0.4 is 0 Å². The second-order valence-corrected chi connectivity index (χ2v) is 7.90. The van der Waals surface area contributed by atoms with Gasteiger partial charge in [-0.1, -0.05) is 44.2 Å². The summed E-state index contributed by atoms with van der Waals surface area (Å²) in [5.74, 6) is 0.901. The van der Waals surface area contributed by atoms with Gasteiger partial charge in [0.15, 0.2) is 0 Å². The smallest absolute Gasteiger partial charge is 0.105 e. The van der Waals surface area contributed by atoms with Crippen molar-refractivity contribution in [2.24, 2.45) is 11.8 Å². The lowest BCUT2D eigenvalue weighted by Gasteiger charge is -2.24. The van der Waals surface area contributed by atoms with Crippen LogP contribution in [0, 0.1) is 11.8 Å². The Hall–Kier alpha value is -0.900. The maximum Gasteiger partial charge on any atom is 0.105 e. The van der Waals surface area contributed by atoms with Crippen LogP contribution in [0.5, 0.6) is 0 Å². The van der Waals surface area contributed by atoms with E-state index in [0.717, 1.165) is 24.8 Å². The topological polar surface area (TPSA) is 53.0 Å². The SMILES string of the molecule is C=C1CC[C@@H](C(C)C)/C=C/[C@@](C)(O)C[C@@H](O)/C=C(\C)C[C@H]2O[C@H]12. The van der Waals surface area contributed by atoms with E-state index < -0.39 is 11.7 Å². The molecule has 0 amide bonds. The first kappa shape index (κ1) is 18.4. The van der Waals surface area contributed by atoms with Crippen LogP contribution in [0.2, 0.25) is 0 Å². The van der Waals surface area contributed by atoms with Gasteiger partial charge in [0, 0.05) is 6.42 Å². The molecule has 23 heavy (non-hydrogen) atoms. The molecule has 0 aromatic heterocycles. The summed E-state index contributed by atoms with van der Waals surface area (Å²) in [6.45, 7) is 12.4. The lowest BCUT2D eigenvalue weighted by molar-refractivity contribution is 0.0565. The quantitative estimate of drug-likeness (QED) is 0.571. The minimum Gasteiger partial charge on any atom is -0.389 e. The van der Waals surface area contributed by atoms with Crippen LogP contribution in [0.1, 0.15) is 53.4 Å². The van der Waals surface area contributed by atoms with E-state index in [9.17, 15) is 10.2 Å². The van der Waals surface area contributed by atoms with Gasteiger partial charge in [-0.15, -0.1) is 0 Å². The maximum atomic E-state index is 10.5. The molecule has 1 aliphatic carbocycles. The number of hydrogen-bond donors (Lipinski definition) is 2. The van der Waals surface area contributed by atoms with Gasteiger partial charge in [-0.05, 0) is 50.5 Å². The molecule has 3 heteroatoms.